The minimum atomic E-state index is -0.0303. The average molecular weight is 210 g/mol. The quantitative estimate of drug-likeness (QED) is 0.564. The van der Waals surface area contributed by atoms with Gasteiger partial charge in [-0.3, -0.25) is 4.79 Å². The number of ketones is 1. The zero-order chi connectivity index (χ0) is 10.1. The van der Waals surface area contributed by atoms with Crippen LogP contribution in [0.2, 0.25) is 5.15 Å². The number of rotatable bonds is 2. The van der Waals surface area contributed by atoms with Gasteiger partial charge in [-0.2, -0.15) is 0 Å². The van der Waals surface area contributed by atoms with E-state index in [9.17, 15) is 4.79 Å². The summed E-state index contributed by atoms with van der Waals surface area (Å²) in [5, 5.41) is 1.05. The number of hydrogen-bond acceptors (Lipinski definition) is 3. The fraction of sp³-hybridized carbons (Fsp3) is 0.200. The fourth-order valence-electron chi connectivity index (χ4n) is 1.24. The topological polar surface area (TPSA) is 43.1 Å². The monoisotopic (exact) mass is 209 g/mol. The van der Waals surface area contributed by atoms with E-state index >= 15 is 0 Å². The zero-order valence-electron chi connectivity index (χ0n) is 7.58. The maximum Gasteiger partial charge on any atom is 0.197 e. The molecule has 2 heterocycles. The van der Waals surface area contributed by atoms with Crippen LogP contribution in [0.15, 0.2) is 22.7 Å². The molecule has 0 aliphatic rings. The smallest absolute Gasteiger partial charge is 0.197 e. The van der Waals surface area contributed by atoms with Crippen LogP contribution < -0.4 is 0 Å². The van der Waals surface area contributed by atoms with Crippen molar-refractivity contribution in [2.75, 3.05) is 0 Å². The van der Waals surface area contributed by atoms with Crippen molar-refractivity contribution >= 4 is 28.4 Å². The van der Waals surface area contributed by atoms with Crippen LogP contribution in [0.4, 0.5) is 0 Å². The standard InChI is InChI=1S/C10H8ClNO2/c1-2-7(13)9-5-6-8(14-9)3-4-12-10(6)11/h3-5H,2H2,1H3. The van der Waals surface area contributed by atoms with Crippen LogP contribution in [-0.4, -0.2) is 10.8 Å². The third-order valence-corrected chi connectivity index (χ3v) is 2.29. The first-order valence-corrected chi connectivity index (χ1v) is 4.67. The van der Waals surface area contributed by atoms with Crippen LogP contribution in [0.1, 0.15) is 23.9 Å². The van der Waals surface area contributed by atoms with E-state index in [0.717, 1.165) is 0 Å². The number of aromatic nitrogens is 1. The van der Waals surface area contributed by atoms with Crippen molar-refractivity contribution in [1.29, 1.82) is 0 Å². The number of carbonyl (C=O) groups excluding carboxylic acids is 1. The van der Waals surface area contributed by atoms with Crippen LogP contribution in [0, 0.1) is 0 Å². The van der Waals surface area contributed by atoms with Gasteiger partial charge in [0.05, 0.1) is 5.39 Å². The number of furan rings is 1. The molecule has 2 aromatic heterocycles. The Morgan fingerprint density at radius 1 is 1.64 bits per heavy atom. The Balaban J connectivity index is 2.62. The molecule has 0 saturated heterocycles. The van der Waals surface area contributed by atoms with Gasteiger partial charge in [-0.25, -0.2) is 4.98 Å². The maximum atomic E-state index is 11.3. The summed E-state index contributed by atoms with van der Waals surface area (Å²) in [6.07, 6.45) is 1.97. The zero-order valence-corrected chi connectivity index (χ0v) is 8.34. The van der Waals surface area contributed by atoms with Gasteiger partial charge in [0.15, 0.2) is 11.5 Å². The highest BCUT2D eigenvalue weighted by molar-refractivity contribution is 6.34. The average Bonchev–Trinajstić information content (AvgIpc) is 2.62. The third-order valence-electron chi connectivity index (χ3n) is 1.99. The van der Waals surface area contributed by atoms with E-state index < -0.39 is 0 Å². The fourth-order valence-corrected chi connectivity index (χ4v) is 1.45. The number of hydrogen-bond donors (Lipinski definition) is 0. The van der Waals surface area contributed by atoms with E-state index in [0.29, 0.717) is 28.3 Å². The summed E-state index contributed by atoms with van der Waals surface area (Å²) in [5.74, 6) is 0.315. The Morgan fingerprint density at radius 2 is 2.43 bits per heavy atom. The molecule has 0 bridgehead atoms. The van der Waals surface area contributed by atoms with Crippen molar-refractivity contribution in [1.82, 2.24) is 4.98 Å². The molecule has 14 heavy (non-hydrogen) atoms. The second kappa shape index (κ2) is 3.42. The highest BCUT2D eigenvalue weighted by Gasteiger charge is 2.12. The summed E-state index contributed by atoms with van der Waals surface area (Å²) >= 11 is 5.84. The van der Waals surface area contributed by atoms with Gasteiger partial charge in [0.2, 0.25) is 0 Å². The van der Waals surface area contributed by atoms with Crippen LogP contribution in [0.5, 0.6) is 0 Å². The molecule has 4 heteroatoms. The molecule has 72 valence electrons. The molecule has 0 atom stereocenters. The minimum Gasteiger partial charge on any atom is -0.453 e. The molecule has 3 nitrogen and oxygen atoms in total. The van der Waals surface area contributed by atoms with E-state index in [4.69, 9.17) is 16.0 Å². The van der Waals surface area contributed by atoms with Crippen molar-refractivity contribution in [3.05, 3.63) is 29.2 Å². The van der Waals surface area contributed by atoms with E-state index in [-0.39, 0.29) is 5.78 Å². The van der Waals surface area contributed by atoms with E-state index in [1.165, 1.54) is 0 Å². The molecule has 0 N–H and O–H groups in total. The maximum absolute atomic E-state index is 11.3. The molecule has 0 saturated carbocycles. The third kappa shape index (κ3) is 1.40. The molecule has 0 aliphatic heterocycles. The van der Waals surface area contributed by atoms with Crippen molar-refractivity contribution in [2.24, 2.45) is 0 Å². The van der Waals surface area contributed by atoms with Gasteiger partial charge in [-0.15, -0.1) is 0 Å². The molecular formula is C10H8ClNO2. The lowest BCUT2D eigenvalue weighted by Crippen LogP contribution is -1.92. The number of Topliss-reactive ketones (excluding diaryl/α,β-unsaturated/α-hetero) is 1. The van der Waals surface area contributed by atoms with Gasteiger partial charge in [0, 0.05) is 12.6 Å². The van der Waals surface area contributed by atoms with Crippen molar-refractivity contribution < 1.29 is 9.21 Å². The predicted octanol–water partition coefficient (Wildman–Crippen LogP) is 3.07. The lowest BCUT2D eigenvalue weighted by Gasteiger charge is -1.88. The lowest BCUT2D eigenvalue weighted by molar-refractivity contribution is 0.0963. The first-order valence-electron chi connectivity index (χ1n) is 4.29. The SMILES string of the molecule is CCC(=O)c1cc2c(Cl)nccc2o1. The first-order chi connectivity index (χ1) is 6.72. The molecule has 0 aromatic carbocycles. The molecule has 2 rings (SSSR count). The van der Waals surface area contributed by atoms with Crippen molar-refractivity contribution in [2.45, 2.75) is 13.3 Å². The lowest BCUT2D eigenvalue weighted by atomic mass is 10.2. The van der Waals surface area contributed by atoms with E-state index in [1.54, 1.807) is 25.3 Å². The van der Waals surface area contributed by atoms with E-state index in [1.807, 2.05) is 0 Å². The van der Waals surface area contributed by atoms with Gasteiger partial charge in [-0.05, 0) is 12.1 Å². The van der Waals surface area contributed by atoms with Crippen LogP contribution in [0.3, 0.4) is 0 Å². The Labute approximate surface area is 85.7 Å². The Bertz CT molecular complexity index is 490. The molecular weight excluding hydrogens is 202 g/mol. The molecule has 0 unspecified atom stereocenters. The highest BCUT2D eigenvalue weighted by atomic mass is 35.5. The minimum absolute atomic E-state index is 0.0303. The number of pyridine rings is 1. The Kier molecular flexibility index (Phi) is 2.25. The van der Waals surface area contributed by atoms with Gasteiger partial charge in [-0.1, -0.05) is 18.5 Å². The predicted molar refractivity (Wildman–Crippen MR) is 53.6 cm³/mol. The Hall–Kier alpha value is -1.35. The summed E-state index contributed by atoms with van der Waals surface area (Å²) in [5.41, 5.74) is 0.599. The molecule has 0 radical (unpaired) electrons. The molecule has 2 aromatic rings. The van der Waals surface area contributed by atoms with Crippen LogP contribution in [0.25, 0.3) is 11.0 Å². The normalized spacial score (nSPS) is 10.7. The molecule has 0 fully saturated rings. The summed E-state index contributed by atoms with van der Waals surface area (Å²) in [7, 11) is 0. The largest absolute Gasteiger partial charge is 0.453 e. The molecule has 0 amide bonds. The number of nitrogens with zero attached hydrogens (tertiary/aromatic N) is 1. The van der Waals surface area contributed by atoms with E-state index in [2.05, 4.69) is 4.98 Å². The summed E-state index contributed by atoms with van der Waals surface area (Å²) in [6, 6.07) is 3.32. The summed E-state index contributed by atoms with van der Waals surface area (Å²) < 4.78 is 5.33. The number of halogens is 1. The summed E-state index contributed by atoms with van der Waals surface area (Å²) in [4.78, 5) is 15.2. The van der Waals surface area contributed by atoms with Crippen molar-refractivity contribution in [3.63, 3.8) is 0 Å². The van der Waals surface area contributed by atoms with Crippen LogP contribution >= 0.6 is 11.6 Å². The van der Waals surface area contributed by atoms with Crippen LogP contribution in [-0.2, 0) is 0 Å². The van der Waals surface area contributed by atoms with Gasteiger partial charge < -0.3 is 4.42 Å². The van der Waals surface area contributed by atoms with Gasteiger partial charge >= 0.3 is 0 Å². The van der Waals surface area contributed by atoms with Crippen molar-refractivity contribution in [3.8, 4) is 0 Å². The second-order valence-corrected chi connectivity index (χ2v) is 3.26. The summed E-state index contributed by atoms with van der Waals surface area (Å²) in [6.45, 7) is 1.79. The molecule has 0 spiro atoms. The second-order valence-electron chi connectivity index (χ2n) is 2.90. The molecule has 0 aliphatic carbocycles. The number of carbonyl (C=O) groups is 1. The number of fused-ring (bicyclic) bond motifs is 1. The highest BCUT2D eigenvalue weighted by Crippen LogP contribution is 2.25. The van der Waals surface area contributed by atoms with Gasteiger partial charge in [0.1, 0.15) is 10.7 Å². The Morgan fingerprint density at radius 3 is 3.07 bits per heavy atom. The van der Waals surface area contributed by atoms with Gasteiger partial charge in [0.25, 0.3) is 0 Å². The first kappa shape index (κ1) is 9.21.